The Kier molecular flexibility index (Phi) is 2.11. The molecule has 16 heavy (non-hydrogen) atoms. The average molecular weight is 222 g/mol. The summed E-state index contributed by atoms with van der Waals surface area (Å²) < 4.78 is 6.68. The van der Waals surface area contributed by atoms with Gasteiger partial charge in [0.15, 0.2) is 0 Å². The largest absolute Gasteiger partial charge is 0.368 e. The Labute approximate surface area is 99.9 Å². The van der Waals surface area contributed by atoms with Crippen LogP contribution >= 0.6 is 0 Å². The molecule has 0 radical (unpaired) electrons. The molecule has 0 aromatic rings. The predicted octanol–water partition coefficient (Wildman–Crippen LogP) is 4.16. The number of fused-ring (bicyclic) bond motifs is 1. The van der Waals surface area contributed by atoms with E-state index >= 15 is 0 Å². The van der Waals surface area contributed by atoms with Gasteiger partial charge in [0.05, 0.1) is 11.2 Å². The zero-order valence-corrected chi connectivity index (χ0v) is 11.3. The van der Waals surface area contributed by atoms with Crippen LogP contribution < -0.4 is 0 Å². The van der Waals surface area contributed by atoms with Crippen LogP contribution in [0.2, 0.25) is 0 Å². The second-order valence-electron chi connectivity index (χ2n) is 7.39. The fourth-order valence-corrected chi connectivity index (χ4v) is 4.99. The summed E-state index contributed by atoms with van der Waals surface area (Å²) in [5, 5.41) is 0. The Morgan fingerprint density at radius 2 is 1.81 bits per heavy atom. The molecule has 1 heterocycles. The Morgan fingerprint density at radius 1 is 1.06 bits per heavy atom. The Morgan fingerprint density at radius 3 is 2.56 bits per heavy atom. The lowest BCUT2D eigenvalue weighted by Gasteiger charge is -2.55. The molecule has 3 fully saturated rings. The van der Waals surface area contributed by atoms with Gasteiger partial charge in [0.25, 0.3) is 0 Å². The van der Waals surface area contributed by atoms with E-state index in [1.54, 1.807) is 0 Å². The lowest BCUT2D eigenvalue weighted by atomic mass is 9.53. The normalized spacial score (nSPS) is 54.8. The molecular weight excluding hydrogens is 196 g/mol. The zero-order chi connectivity index (χ0) is 11.6. The molecule has 92 valence electrons. The van der Waals surface area contributed by atoms with E-state index in [1.807, 2.05) is 0 Å². The fraction of sp³-hybridized carbons (Fsp3) is 1.00. The van der Waals surface area contributed by atoms with Gasteiger partial charge in [-0.2, -0.15) is 0 Å². The standard InChI is InChI=1S/C15H26O/c1-11-6-5-8-14(4)9-7-12-10-15(11,14)16-13(12,2)3/h11-12H,5-10H2,1-4H3/t11-,12+,14-,15-/m1/s1. The SMILES string of the molecule is C[C@@H]1CCC[C@]2(C)CC[C@H]3C[C@@]12OC3(C)C. The van der Waals surface area contributed by atoms with Crippen LogP contribution in [0.1, 0.15) is 66.2 Å². The predicted molar refractivity (Wildman–Crippen MR) is 66.4 cm³/mol. The highest BCUT2D eigenvalue weighted by Crippen LogP contribution is 2.65. The molecule has 1 saturated heterocycles. The molecule has 4 atom stereocenters. The topological polar surface area (TPSA) is 9.23 Å². The second-order valence-corrected chi connectivity index (χ2v) is 7.39. The van der Waals surface area contributed by atoms with E-state index in [4.69, 9.17) is 4.74 Å². The third-order valence-corrected chi connectivity index (χ3v) is 6.21. The van der Waals surface area contributed by atoms with Crippen LogP contribution in [0.25, 0.3) is 0 Å². The van der Waals surface area contributed by atoms with Crippen LogP contribution in [-0.4, -0.2) is 11.2 Å². The van der Waals surface area contributed by atoms with Crippen molar-refractivity contribution in [1.29, 1.82) is 0 Å². The van der Waals surface area contributed by atoms with Gasteiger partial charge in [-0.25, -0.2) is 0 Å². The summed E-state index contributed by atoms with van der Waals surface area (Å²) in [4.78, 5) is 0. The smallest absolute Gasteiger partial charge is 0.0772 e. The number of hydrogen-bond acceptors (Lipinski definition) is 1. The van der Waals surface area contributed by atoms with Crippen molar-refractivity contribution in [2.75, 3.05) is 0 Å². The molecule has 2 bridgehead atoms. The monoisotopic (exact) mass is 222 g/mol. The summed E-state index contributed by atoms with van der Waals surface area (Å²) in [6, 6.07) is 0. The van der Waals surface area contributed by atoms with Gasteiger partial charge >= 0.3 is 0 Å². The molecule has 0 N–H and O–H groups in total. The van der Waals surface area contributed by atoms with Gasteiger partial charge in [-0.3, -0.25) is 0 Å². The molecule has 1 spiro atoms. The van der Waals surface area contributed by atoms with Gasteiger partial charge in [-0.1, -0.05) is 20.3 Å². The molecule has 0 unspecified atom stereocenters. The van der Waals surface area contributed by atoms with Crippen LogP contribution in [0.15, 0.2) is 0 Å². The first-order valence-corrected chi connectivity index (χ1v) is 7.10. The summed E-state index contributed by atoms with van der Waals surface area (Å²) in [7, 11) is 0. The first-order chi connectivity index (χ1) is 7.40. The minimum Gasteiger partial charge on any atom is -0.368 e. The molecule has 3 aliphatic rings. The molecule has 1 aliphatic heterocycles. The zero-order valence-electron chi connectivity index (χ0n) is 11.3. The first kappa shape index (κ1) is 11.1. The highest BCUT2D eigenvalue weighted by molar-refractivity contribution is 5.14. The van der Waals surface area contributed by atoms with Gasteiger partial charge in [0.2, 0.25) is 0 Å². The molecule has 2 saturated carbocycles. The molecule has 2 aliphatic carbocycles. The van der Waals surface area contributed by atoms with Crippen molar-refractivity contribution in [2.45, 2.75) is 77.4 Å². The number of rotatable bonds is 0. The average Bonchev–Trinajstić information content (AvgIpc) is 2.42. The molecular formula is C15H26O. The Hall–Kier alpha value is -0.0400. The molecule has 1 nitrogen and oxygen atoms in total. The highest BCUT2D eigenvalue weighted by atomic mass is 16.5. The number of ether oxygens (including phenoxy) is 1. The van der Waals surface area contributed by atoms with E-state index in [9.17, 15) is 0 Å². The lowest BCUT2D eigenvalue weighted by molar-refractivity contribution is -0.192. The van der Waals surface area contributed by atoms with Gasteiger partial charge in [-0.15, -0.1) is 0 Å². The second kappa shape index (κ2) is 3.04. The van der Waals surface area contributed by atoms with Crippen LogP contribution in [0.5, 0.6) is 0 Å². The van der Waals surface area contributed by atoms with Gasteiger partial charge in [-0.05, 0) is 63.2 Å². The van der Waals surface area contributed by atoms with E-state index in [0.717, 1.165) is 11.8 Å². The van der Waals surface area contributed by atoms with E-state index < -0.39 is 0 Å². The summed E-state index contributed by atoms with van der Waals surface area (Å²) >= 11 is 0. The maximum Gasteiger partial charge on any atom is 0.0772 e. The van der Waals surface area contributed by atoms with Crippen LogP contribution in [0.4, 0.5) is 0 Å². The molecule has 3 rings (SSSR count). The van der Waals surface area contributed by atoms with E-state index in [0.29, 0.717) is 5.41 Å². The van der Waals surface area contributed by atoms with E-state index in [1.165, 1.54) is 38.5 Å². The maximum atomic E-state index is 6.68. The van der Waals surface area contributed by atoms with Crippen LogP contribution in [-0.2, 0) is 4.74 Å². The van der Waals surface area contributed by atoms with Crippen molar-refractivity contribution in [1.82, 2.24) is 0 Å². The molecule has 0 aromatic carbocycles. The first-order valence-electron chi connectivity index (χ1n) is 7.10. The Balaban J connectivity index is 2.04. The molecule has 0 aromatic heterocycles. The van der Waals surface area contributed by atoms with Crippen LogP contribution in [0, 0.1) is 17.3 Å². The maximum absolute atomic E-state index is 6.68. The minimum atomic E-state index is 0.128. The van der Waals surface area contributed by atoms with E-state index in [2.05, 4.69) is 27.7 Å². The Bertz CT molecular complexity index is 309. The molecule has 1 heteroatoms. The van der Waals surface area contributed by atoms with Crippen molar-refractivity contribution in [2.24, 2.45) is 17.3 Å². The van der Waals surface area contributed by atoms with Gasteiger partial charge in [0, 0.05) is 0 Å². The number of hydrogen-bond donors (Lipinski definition) is 0. The minimum absolute atomic E-state index is 0.128. The summed E-state index contributed by atoms with van der Waals surface area (Å²) in [5.74, 6) is 1.57. The van der Waals surface area contributed by atoms with Crippen molar-refractivity contribution in [3.63, 3.8) is 0 Å². The van der Waals surface area contributed by atoms with E-state index in [-0.39, 0.29) is 11.2 Å². The third-order valence-electron chi connectivity index (χ3n) is 6.21. The fourth-order valence-electron chi connectivity index (χ4n) is 4.99. The highest BCUT2D eigenvalue weighted by Gasteiger charge is 2.65. The quantitative estimate of drug-likeness (QED) is 0.598. The summed E-state index contributed by atoms with van der Waals surface area (Å²) in [6.07, 6.45) is 8.29. The summed E-state index contributed by atoms with van der Waals surface area (Å²) in [6.45, 7) is 9.57. The van der Waals surface area contributed by atoms with Crippen molar-refractivity contribution in [3.8, 4) is 0 Å². The van der Waals surface area contributed by atoms with Crippen molar-refractivity contribution in [3.05, 3.63) is 0 Å². The van der Waals surface area contributed by atoms with Crippen molar-refractivity contribution >= 4 is 0 Å². The third kappa shape index (κ3) is 1.16. The van der Waals surface area contributed by atoms with Crippen LogP contribution in [0.3, 0.4) is 0 Å². The van der Waals surface area contributed by atoms with Crippen molar-refractivity contribution < 1.29 is 4.74 Å². The van der Waals surface area contributed by atoms with Gasteiger partial charge in [0.1, 0.15) is 0 Å². The molecule has 0 amide bonds. The van der Waals surface area contributed by atoms with Gasteiger partial charge < -0.3 is 4.74 Å². The lowest BCUT2D eigenvalue weighted by Crippen LogP contribution is -2.55. The summed E-state index contributed by atoms with van der Waals surface area (Å²) in [5.41, 5.74) is 0.815.